The first-order valence-corrected chi connectivity index (χ1v) is 10.5. The minimum Gasteiger partial charge on any atom is -0.449 e. The van der Waals surface area contributed by atoms with Crippen LogP contribution in [-0.2, 0) is 14.3 Å². The Kier molecular flexibility index (Phi) is 7.36. The maximum atomic E-state index is 12.6. The monoisotopic (exact) mass is 419 g/mol. The summed E-state index contributed by atoms with van der Waals surface area (Å²) in [5.74, 6) is -0.154. The highest BCUT2D eigenvalue weighted by molar-refractivity contribution is 7.99. The highest BCUT2D eigenvalue weighted by atomic mass is 35.5. The number of carbonyl (C=O) groups excluding carboxylic acids is 2. The molecule has 2 aromatic carbocycles. The number of thioether (sulfide) groups is 1. The van der Waals surface area contributed by atoms with E-state index in [1.54, 1.807) is 55.1 Å². The van der Waals surface area contributed by atoms with Crippen LogP contribution in [0.1, 0.15) is 30.1 Å². The minimum absolute atomic E-state index is 0.219. The quantitative estimate of drug-likeness (QED) is 0.516. The lowest BCUT2D eigenvalue weighted by Crippen LogP contribution is -2.30. The predicted octanol–water partition coefficient (Wildman–Crippen LogP) is 4.80. The molecule has 0 spiro atoms. The zero-order valence-electron chi connectivity index (χ0n) is 15.5. The number of rotatable bonds is 7. The van der Waals surface area contributed by atoms with Crippen molar-refractivity contribution < 1.29 is 19.1 Å². The van der Waals surface area contributed by atoms with Crippen LogP contribution in [-0.4, -0.2) is 36.4 Å². The number of amides is 1. The second-order valence-electron chi connectivity index (χ2n) is 6.49. The summed E-state index contributed by atoms with van der Waals surface area (Å²) in [4.78, 5) is 25.8. The number of benzene rings is 2. The average molecular weight is 420 g/mol. The number of carbonyl (C=O) groups is 2. The molecule has 28 heavy (non-hydrogen) atoms. The molecule has 2 aromatic rings. The van der Waals surface area contributed by atoms with Crippen molar-refractivity contribution >= 4 is 40.9 Å². The van der Waals surface area contributed by atoms with Gasteiger partial charge in [-0.2, -0.15) is 0 Å². The van der Waals surface area contributed by atoms with E-state index in [1.165, 1.54) is 0 Å². The molecule has 0 bridgehead atoms. The molecule has 3 rings (SSSR count). The number of hydrogen-bond donors (Lipinski definition) is 1. The Balaban J connectivity index is 1.59. The molecule has 0 saturated carbocycles. The summed E-state index contributed by atoms with van der Waals surface area (Å²) in [6.45, 7) is 2.34. The van der Waals surface area contributed by atoms with E-state index in [9.17, 15) is 9.59 Å². The lowest BCUT2D eigenvalue weighted by molar-refractivity contribution is -0.123. The summed E-state index contributed by atoms with van der Waals surface area (Å²) in [6, 6.07) is 14.0. The van der Waals surface area contributed by atoms with E-state index >= 15 is 0 Å². The van der Waals surface area contributed by atoms with Crippen molar-refractivity contribution in [3.8, 4) is 0 Å². The largest absolute Gasteiger partial charge is 0.449 e. The van der Waals surface area contributed by atoms with Gasteiger partial charge in [-0.15, -0.1) is 11.8 Å². The number of halogens is 1. The number of ether oxygens (including phenoxy) is 2. The van der Waals surface area contributed by atoms with Gasteiger partial charge in [-0.25, -0.2) is 4.79 Å². The molecular weight excluding hydrogens is 398 g/mol. The standard InChI is InChI=1S/C21H22ClNO4S/c1-14(20(24)23-16-7-4-6-15(22)12-16)27-21(25)18-9-2-3-10-19(18)28-13-17-8-5-11-26-17/h2-4,6-7,9-10,12,14,17H,5,8,11,13H2,1H3,(H,23,24)/t14-,17+/m0/s1. The van der Waals surface area contributed by atoms with Gasteiger partial charge in [0.1, 0.15) is 0 Å². The van der Waals surface area contributed by atoms with Crippen molar-refractivity contribution in [3.63, 3.8) is 0 Å². The van der Waals surface area contributed by atoms with Crippen molar-refractivity contribution in [1.82, 2.24) is 0 Å². The van der Waals surface area contributed by atoms with Crippen LogP contribution in [0.25, 0.3) is 0 Å². The van der Waals surface area contributed by atoms with E-state index in [-0.39, 0.29) is 6.10 Å². The fourth-order valence-electron chi connectivity index (χ4n) is 2.81. The summed E-state index contributed by atoms with van der Waals surface area (Å²) in [7, 11) is 0. The molecule has 1 aliphatic heterocycles. The van der Waals surface area contributed by atoms with Crippen molar-refractivity contribution in [2.24, 2.45) is 0 Å². The van der Waals surface area contributed by atoms with Gasteiger partial charge in [0.25, 0.3) is 5.91 Å². The Morgan fingerprint density at radius 3 is 2.86 bits per heavy atom. The molecule has 0 aromatic heterocycles. The normalized spacial score (nSPS) is 17.1. The first-order valence-electron chi connectivity index (χ1n) is 9.14. The highest BCUT2D eigenvalue weighted by Gasteiger charge is 2.22. The molecular formula is C21H22ClNO4S. The molecule has 0 unspecified atom stereocenters. The Morgan fingerprint density at radius 1 is 1.29 bits per heavy atom. The average Bonchev–Trinajstić information content (AvgIpc) is 3.20. The Hall–Kier alpha value is -2.02. The van der Waals surface area contributed by atoms with Gasteiger partial charge in [0, 0.05) is 28.0 Å². The van der Waals surface area contributed by atoms with E-state index in [0.717, 1.165) is 30.1 Å². The molecule has 1 N–H and O–H groups in total. The number of esters is 1. The van der Waals surface area contributed by atoms with Gasteiger partial charge in [-0.3, -0.25) is 4.79 Å². The number of nitrogens with one attached hydrogen (secondary N) is 1. The fourth-order valence-corrected chi connectivity index (χ4v) is 4.11. The van der Waals surface area contributed by atoms with Gasteiger partial charge in [0.05, 0.1) is 11.7 Å². The smallest absolute Gasteiger partial charge is 0.340 e. The van der Waals surface area contributed by atoms with Crippen LogP contribution in [0.2, 0.25) is 5.02 Å². The highest BCUT2D eigenvalue weighted by Crippen LogP contribution is 2.27. The van der Waals surface area contributed by atoms with Crippen LogP contribution in [0.15, 0.2) is 53.4 Å². The third kappa shape index (κ3) is 5.74. The Morgan fingerprint density at radius 2 is 2.11 bits per heavy atom. The minimum atomic E-state index is -0.942. The van der Waals surface area contributed by atoms with E-state index in [2.05, 4.69) is 5.32 Å². The summed E-state index contributed by atoms with van der Waals surface area (Å²) >= 11 is 7.49. The third-order valence-electron chi connectivity index (χ3n) is 4.30. The zero-order chi connectivity index (χ0) is 19.9. The van der Waals surface area contributed by atoms with Gasteiger partial charge < -0.3 is 14.8 Å². The zero-order valence-corrected chi connectivity index (χ0v) is 17.1. The molecule has 2 atom stereocenters. The van der Waals surface area contributed by atoms with Crippen molar-refractivity contribution in [1.29, 1.82) is 0 Å². The molecule has 1 aliphatic rings. The summed E-state index contributed by atoms with van der Waals surface area (Å²) < 4.78 is 11.0. The van der Waals surface area contributed by atoms with Crippen LogP contribution in [0.4, 0.5) is 5.69 Å². The molecule has 1 saturated heterocycles. The van der Waals surface area contributed by atoms with Crippen LogP contribution in [0, 0.1) is 0 Å². The maximum absolute atomic E-state index is 12.6. The van der Waals surface area contributed by atoms with Crippen LogP contribution in [0.3, 0.4) is 0 Å². The SMILES string of the molecule is C[C@H](OC(=O)c1ccccc1SC[C@H]1CCCO1)C(=O)Nc1cccc(Cl)c1. The van der Waals surface area contributed by atoms with E-state index in [4.69, 9.17) is 21.1 Å². The second-order valence-corrected chi connectivity index (χ2v) is 7.99. The summed E-state index contributed by atoms with van der Waals surface area (Å²) in [5.41, 5.74) is 1.00. The Labute approximate surface area is 173 Å². The lowest BCUT2D eigenvalue weighted by atomic mass is 10.2. The van der Waals surface area contributed by atoms with E-state index < -0.39 is 18.0 Å². The van der Waals surface area contributed by atoms with Crippen LogP contribution in [0.5, 0.6) is 0 Å². The van der Waals surface area contributed by atoms with Gasteiger partial charge in [0.2, 0.25) is 0 Å². The first-order chi connectivity index (χ1) is 13.5. The molecule has 0 aliphatic carbocycles. The van der Waals surface area contributed by atoms with Crippen LogP contribution >= 0.6 is 23.4 Å². The second kappa shape index (κ2) is 9.96. The maximum Gasteiger partial charge on any atom is 0.340 e. The first kappa shape index (κ1) is 20.7. The topological polar surface area (TPSA) is 64.6 Å². The van der Waals surface area contributed by atoms with E-state index in [0.29, 0.717) is 16.3 Å². The Bertz CT molecular complexity index is 839. The van der Waals surface area contributed by atoms with Crippen molar-refractivity contribution in [2.75, 3.05) is 17.7 Å². The van der Waals surface area contributed by atoms with Crippen molar-refractivity contribution in [3.05, 3.63) is 59.1 Å². The molecule has 0 radical (unpaired) electrons. The van der Waals surface area contributed by atoms with Gasteiger partial charge in [-0.1, -0.05) is 29.8 Å². The molecule has 7 heteroatoms. The van der Waals surface area contributed by atoms with Crippen LogP contribution < -0.4 is 5.32 Å². The number of anilines is 1. The fraction of sp³-hybridized carbons (Fsp3) is 0.333. The lowest BCUT2D eigenvalue weighted by Gasteiger charge is -2.15. The summed E-state index contributed by atoms with van der Waals surface area (Å²) in [5, 5.41) is 3.21. The van der Waals surface area contributed by atoms with Gasteiger partial charge in [-0.05, 0) is 50.1 Å². The summed E-state index contributed by atoms with van der Waals surface area (Å²) in [6.07, 6.45) is 1.40. The number of hydrogen-bond acceptors (Lipinski definition) is 5. The molecule has 1 fully saturated rings. The van der Waals surface area contributed by atoms with Gasteiger partial charge in [0.15, 0.2) is 6.10 Å². The molecule has 148 valence electrons. The van der Waals surface area contributed by atoms with E-state index in [1.807, 2.05) is 12.1 Å². The molecule has 5 nitrogen and oxygen atoms in total. The molecule has 1 heterocycles. The predicted molar refractivity (Wildman–Crippen MR) is 111 cm³/mol. The van der Waals surface area contributed by atoms with Crippen molar-refractivity contribution in [2.45, 2.75) is 36.9 Å². The molecule has 1 amide bonds. The third-order valence-corrected chi connectivity index (χ3v) is 5.74. The van der Waals surface area contributed by atoms with Gasteiger partial charge >= 0.3 is 5.97 Å².